The molecule has 0 unspecified atom stereocenters. The van der Waals surface area contributed by atoms with Crippen LogP contribution in [0.3, 0.4) is 0 Å². The monoisotopic (exact) mass is 220 g/mol. The van der Waals surface area contributed by atoms with Crippen molar-refractivity contribution in [3.63, 3.8) is 0 Å². The number of carbonyl (C=O) groups excluding carboxylic acids is 2. The Labute approximate surface area is 93.0 Å². The van der Waals surface area contributed by atoms with Crippen molar-refractivity contribution in [2.75, 3.05) is 19.8 Å². The first kappa shape index (κ1) is 10.5. The van der Waals surface area contributed by atoms with Crippen LogP contribution in [0, 0.1) is 0 Å². The predicted molar refractivity (Wildman–Crippen MR) is 56.8 cm³/mol. The lowest BCUT2D eigenvalue weighted by molar-refractivity contribution is 0.0933. The van der Waals surface area contributed by atoms with Gasteiger partial charge in [-0.15, -0.1) is 0 Å². The molecule has 0 spiro atoms. The van der Waals surface area contributed by atoms with E-state index in [1.165, 1.54) is 4.90 Å². The number of hydrogen-bond acceptors (Lipinski definition) is 3. The van der Waals surface area contributed by atoms with Gasteiger partial charge in [-0.05, 0) is 12.1 Å². The second kappa shape index (κ2) is 4.65. The zero-order valence-electron chi connectivity index (χ0n) is 8.68. The first-order chi connectivity index (χ1) is 7.77. The highest BCUT2D eigenvalue weighted by Crippen LogP contribution is 2.02. The highest BCUT2D eigenvalue weighted by atomic mass is 16.6. The Bertz CT molecular complexity index is 391. The zero-order chi connectivity index (χ0) is 11.4. The maximum absolute atomic E-state index is 11.6. The molecule has 1 N–H and O–H groups in total. The van der Waals surface area contributed by atoms with E-state index in [-0.39, 0.29) is 18.7 Å². The minimum absolute atomic E-state index is 0.187. The summed E-state index contributed by atoms with van der Waals surface area (Å²) in [7, 11) is 0. The molecular weight excluding hydrogens is 208 g/mol. The number of hydrogen-bond donors (Lipinski definition) is 1. The third kappa shape index (κ3) is 2.31. The number of carbonyl (C=O) groups is 2. The van der Waals surface area contributed by atoms with Gasteiger partial charge in [0, 0.05) is 5.56 Å². The summed E-state index contributed by atoms with van der Waals surface area (Å²) in [6, 6.07) is 8.86. The zero-order valence-corrected chi connectivity index (χ0v) is 8.68. The Morgan fingerprint density at radius 2 is 2.12 bits per heavy atom. The third-order valence-electron chi connectivity index (χ3n) is 2.31. The number of rotatable bonds is 3. The Kier molecular flexibility index (Phi) is 3.05. The predicted octanol–water partition coefficient (Wildman–Crippen LogP) is 0.826. The molecule has 1 aromatic rings. The lowest BCUT2D eigenvalue weighted by Gasteiger charge is -2.13. The Morgan fingerprint density at radius 1 is 1.38 bits per heavy atom. The van der Waals surface area contributed by atoms with E-state index >= 15 is 0 Å². The van der Waals surface area contributed by atoms with Gasteiger partial charge in [0.25, 0.3) is 5.91 Å². The van der Waals surface area contributed by atoms with E-state index in [0.29, 0.717) is 18.7 Å². The molecule has 0 atom stereocenters. The molecule has 84 valence electrons. The van der Waals surface area contributed by atoms with Crippen molar-refractivity contribution in [2.24, 2.45) is 0 Å². The number of nitrogens with zero attached hydrogens (tertiary/aromatic N) is 1. The van der Waals surface area contributed by atoms with Crippen molar-refractivity contribution < 1.29 is 14.3 Å². The molecule has 0 bridgehead atoms. The van der Waals surface area contributed by atoms with Crippen LogP contribution in [0.4, 0.5) is 4.79 Å². The van der Waals surface area contributed by atoms with Crippen molar-refractivity contribution in [1.82, 2.24) is 10.2 Å². The van der Waals surface area contributed by atoms with Crippen molar-refractivity contribution in [1.29, 1.82) is 0 Å². The van der Waals surface area contributed by atoms with E-state index in [1.807, 2.05) is 6.07 Å². The second-order valence-electron chi connectivity index (χ2n) is 3.41. The molecule has 0 radical (unpaired) electrons. The van der Waals surface area contributed by atoms with Crippen LogP contribution >= 0.6 is 0 Å². The maximum Gasteiger partial charge on any atom is 0.411 e. The minimum Gasteiger partial charge on any atom is -0.447 e. The molecule has 0 saturated carbocycles. The molecule has 16 heavy (non-hydrogen) atoms. The van der Waals surface area contributed by atoms with E-state index in [4.69, 9.17) is 4.74 Å². The Balaban J connectivity index is 1.87. The normalized spacial score (nSPS) is 14.8. The molecule has 1 heterocycles. The summed E-state index contributed by atoms with van der Waals surface area (Å²) in [4.78, 5) is 24.1. The van der Waals surface area contributed by atoms with Crippen LogP contribution in [0.1, 0.15) is 10.4 Å². The molecule has 1 fully saturated rings. The summed E-state index contributed by atoms with van der Waals surface area (Å²) in [5.74, 6) is -0.194. The van der Waals surface area contributed by atoms with Gasteiger partial charge in [-0.25, -0.2) is 4.79 Å². The van der Waals surface area contributed by atoms with E-state index in [2.05, 4.69) is 5.32 Å². The van der Waals surface area contributed by atoms with Gasteiger partial charge in [-0.3, -0.25) is 9.69 Å². The van der Waals surface area contributed by atoms with E-state index < -0.39 is 0 Å². The quantitative estimate of drug-likeness (QED) is 0.820. The van der Waals surface area contributed by atoms with Gasteiger partial charge in [0.2, 0.25) is 0 Å². The average molecular weight is 220 g/mol. The summed E-state index contributed by atoms with van der Waals surface area (Å²) < 4.78 is 4.74. The average Bonchev–Trinajstić information content (AvgIpc) is 2.73. The molecule has 1 saturated heterocycles. The van der Waals surface area contributed by atoms with Crippen LogP contribution in [0.15, 0.2) is 30.3 Å². The number of ether oxygens (including phenoxy) is 1. The maximum atomic E-state index is 11.6. The summed E-state index contributed by atoms with van der Waals surface area (Å²) in [6.07, 6.45) is -0.381. The van der Waals surface area contributed by atoms with Gasteiger partial charge in [0.05, 0.1) is 13.2 Å². The fourth-order valence-corrected chi connectivity index (χ4v) is 1.43. The molecule has 2 rings (SSSR count). The Hall–Kier alpha value is -2.04. The van der Waals surface area contributed by atoms with Crippen LogP contribution in [0.5, 0.6) is 0 Å². The lowest BCUT2D eigenvalue weighted by atomic mass is 10.2. The largest absolute Gasteiger partial charge is 0.447 e. The first-order valence-electron chi connectivity index (χ1n) is 5.02. The fourth-order valence-electron chi connectivity index (χ4n) is 1.43. The number of amides is 2. The van der Waals surface area contributed by atoms with Gasteiger partial charge in [-0.2, -0.15) is 0 Å². The van der Waals surface area contributed by atoms with E-state index in [9.17, 15) is 9.59 Å². The van der Waals surface area contributed by atoms with Gasteiger partial charge in [0.1, 0.15) is 6.61 Å². The SMILES string of the molecule is O=C(NCN1CCOC1=O)c1ccccc1. The van der Waals surface area contributed by atoms with Crippen molar-refractivity contribution in [3.05, 3.63) is 35.9 Å². The van der Waals surface area contributed by atoms with E-state index in [0.717, 1.165) is 0 Å². The van der Waals surface area contributed by atoms with Crippen molar-refractivity contribution in [2.45, 2.75) is 0 Å². The van der Waals surface area contributed by atoms with Crippen LogP contribution in [-0.4, -0.2) is 36.7 Å². The summed E-state index contributed by atoms with van der Waals surface area (Å²) in [5, 5.41) is 2.66. The molecule has 1 aliphatic rings. The van der Waals surface area contributed by atoms with E-state index in [1.54, 1.807) is 24.3 Å². The minimum atomic E-state index is -0.381. The second-order valence-corrected chi connectivity index (χ2v) is 3.41. The smallest absolute Gasteiger partial charge is 0.411 e. The molecule has 0 aliphatic carbocycles. The number of benzene rings is 1. The molecule has 2 amide bonds. The summed E-state index contributed by atoms with van der Waals surface area (Å²) in [6.45, 7) is 1.10. The topological polar surface area (TPSA) is 58.6 Å². The van der Waals surface area contributed by atoms with Gasteiger partial charge >= 0.3 is 6.09 Å². The molecule has 5 heteroatoms. The van der Waals surface area contributed by atoms with Gasteiger partial charge in [-0.1, -0.05) is 18.2 Å². The first-order valence-corrected chi connectivity index (χ1v) is 5.02. The Morgan fingerprint density at radius 3 is 2.75 bits per heavy atom. The summed E-state index contributed by atoms with van der Waals surface area (Å²) >= 11 is 0. The molecule has 1 aromatic carbocycles. The molecular formula is C11H12N2O3. The van der Waals surface area contributed by atoms with Crippen LogP contribution in [0.25, 0.3) is 0 Å². The standard InChI is InChI=1S/C11H12N2O3/c14-10(9-4-2-1-3-5-9)12-8-13-6-7-16-11(13)15/h1-5H,6-8H2,(H,12,14). The van der Waals surface area contributed by atoms with Crippen LogP contribution < -0.4 is 5.32 Å². The van der Waals surface area contributed by atoms with Gasteiger partial charge < -0.3 is 10.1 Å². The lowest BCUT2D eigenvalue weighted by Crippen LogP contribution is -2.38. The fraction of sp³-hybridized carbons (Fsp3) is 0.273. The number of nitrogens with one attached hydrogen (secondary N) is 1. The van der Waals surface area contributed by atoms with Crippen LogP contribution in [0.2, 0.25) is 0 Å². The highest BCUT2D eigenvalue weighted by Gasteiger charge is 2.21. The number of cyclic esters (lactones) is 1. The highest BCUT2D eigenvalue weighted by molar-refractivity contribution is 5.94. The van der Waals surface area contributed by atoms with Gasteiger partial charge in [0.15, 0.2) is 0 Å². The molecule has 5 nitrogen and oxygen atoms in total. The summed E-state index contributed by atoms with van der Waals surface area (Å²) in [5.41, 5.74) is 0.579. The third-order valence-corrected chi connectivity index (χ3v) is 2.31. The molecule has 0 aromatic heterocycles. The van der Waals surface area contributed by atoms with Crippen molar-refractivity contribution >= 4 is 12.0 Å². The van der Waals surface area contributed by atoms with Crippen molar-refractivity contribution in [3.8, 4) is 0 Å². The van der Waals surface area contributed by atoms with Crippen LogP contribution in [-0.2, 0) is 4.74 Å². The molecule has 1 aliphatic heterocycles.